The molecule has 0 amide bonds. The molecule has 1 aliphatic rings. The minimum Gasteiger partial charge on any atom is -0.311 e. The molecule has 1 aliphatic carbocycles. The Morgan fingerprint density at radius 1 is 0.231 bits per heavy atom. The van der Waals surface area contributed by atoms with E-state index in [0.717, 1.165) is 45.3 Å². The normalized spacial score (nSPS) is 12.3. The van der Waals surface area contributed by atoms with Gasteiger partial charge in [-0.25, -0.2) is 0 Å². The maximum absolute atomic E-state index is 2.41. The lowest BCUT2D eigenvalue weighted by Crippen LogP contribution is -2.16. The zero-order chi connectivity index (χ0) is 43.7. The molecule has 2 nitrogen and oxygen atoms in total. The summed E-state index contributed by atoms with van der Waals surface area (Å²) in [4.78, 5) is 4.75. The van der Waals surface area contributed by atoms with Crippen LogP contribution in [0.4, 0.5) is 34.1 Å². The summed E-state index contributed by atoms with van der Waals surface area (Å²) in [5.74, 6) is 0. The summed E-state index contributed by atoms with van der Waals surface area (Å²) in [6.07, 6.45) is 0. The Bertz CT molecular complexity index is 3140. The van der Waals surface area contributed by atoms with Crippen LogP contribution in [0.15, 0.2) is 255 Å². The third-order valence-corrected chi connectivity index (χ3v) is 13.1. The maximum Gasteiger partial charge on any atom is 0.0467 e. The van der Waals surface area contributed by atoms with Gasteiger partial charge in [0.25, 0.3) is 0 Å². The second-order valence-corrected chi connectivity index (χ2v) is 17.4. The van der Waals surface area contributed by atoms with Crippen molar-refractivity contribution in [2.24, 2.45) is 0 Å². The quantitative estimate of drug-likeness (QED) is 0.135. The topological polar surface area (TPSA) is 6.48 Å². The SMILES string of the molecule is CC1(C)c2ccccc2-c2ccc(N(c3ccc(-c4ccccc4)cc3)c3cccc(-c4ccc(N(c5ccc(-c6ccccc6)cc5)c5ccc(-c6ccccc6)cc5)cc4)c3)cc21. The summed E-state index contributed by atoms with van der Waals surface area (Å²) >= 11 is 0. The van der Waals surface area contributed by atoms with Gasteiger partial charge < -0.3 is 9.80 Å². The van der Waals surface area contributed by atoms with Crippen LogP contribution in [0.1, 0.15) is 25.0 Å². The van der Waals surface area contributed by atoms with Crippen LogP contribution in [0, 0.1) is 0 Å². The Hall–Kier alpha value is -8.20. The first-order valence-corrected chi connectivity index (χ1v) is 22.5. The minimum atomic E-state index is -0.115. The van der Waals surface area contributed by atoms with E-state index in [2.05, 4.69) is 278 Å². The highest BCUT2D eigenvalue weighted by molar-refractivity contribution is 5.87. The zero-order valence-electron chi connectivity index (χ0n) is 36.6. The molecule has 10 aromatic rings. The standard InChI is InChI=1S/C63H48N2/c1-63(2)61-24-13-12-23-59(61)60-42-41-58(44-62(60)63)65(56-37-29-50(30-38-56)47-19-10-5-11-20-47)57-22-14-21-52(43-57)51-31-39-55(40-32-51)64(53-33-25-48(26-34-53)45-15-6-3-7-16-45)54-35-27-49(28-36-54)46-17-8-4-9-18-46/h3-44H,1-2H3. The number of hydrogen-bond donors (Lipinski definition) is 0. The van der Waals surface area contributed by atoms with Crippen LogP contribution >= 0.6 is 0 Å². The van der Waals surface area contributed by atoms with Gasteiger partial charge in [-0.1, -0.05) is 196 Å². The average molecular weight is 833 g/mol. The smallest absolute Gasteiger partial charge is 0.0467 e. The van der Waals surface area contributed by atoms with Crippen LogP contribution in [-0.2, 0) is 5.41 Å². The lowest BCUT2D eigenvalue weighted by atomic mass is 9.82. The van der Waals surface area contributed by atoms with Gasteiger partial charge >= 0.3 is 0 Å². The molecule has 10 aromatic carbocycles. The second-order valence-electron chi connectivity index (χ2n) is 17.4. The molecule has 0 fully saturated rings. The largest absolute Gasteiger partial charge is 0.311 e. The van der Waals surface area contributed by atoms with Crippen LogP contribution in [-0.4, -0.2) is 0 Å². The molecule has 65 heavy (non-hydrogen) atoms. The third kappa shape index (κ3) is 7.60. The Morgan fingerprint density at radius 3 is 1.02 bits per heavy atom. The van der Waals surface area contributed by atoms with Crippen molar-refractivity contribution in [1.82, 2.24) is 0 Å². The highest BCUT2D eigenvalue weighted by Crippen LogP contribution is 2.51. The molecule has 0 aromatic heterocycles. The summed E-state index contributed by atoms with van der Waals surface area (Å²) in [6, 6.07) is 92.4. The monoisotopic (exact) mass is 832 g/mol. The lowest BCUT2D eigenvalue weighted by Gasteiger charge is -2.29. The van der Waals surface area contributed by atoms with Crippen molar-refractivity contribution in [3.05, 3.63) is 266 Å². The third-order valence-electron chi connectivity index (χ3n) is 13.1. The summed E-state index contributed by atoms with van der Waals surface area (Å²) < 4.78 is 0. The van der Waals surface area contributed by atoms with Crippen molar-refractivity contribution in [2.75, 3.05) is 9.80 Å². The molecule has 310 valence electrons. The number of rotatable bonds is 10. The lowest BCUT2D eigenvalue weighted by molar-refractivity contribution is 0.660. The van der Waals surface area contributed by atoms with Gasteiger partial charge in [0.2, 0.25) is 0 Å². The van der Waals surface area contributed by atoms with E-state index < -0.39 is 0 Å². The predicted molar refractivity (Wildman–Crippen MR) is 275 cm³/mol. The van der Waals surface area contributed by atoms with Crippen molar-refractivity contribution >= 4 is 34.1 Å². The predicted octanol–water partition coefficient (Wildman–Crippen LogP) is 17.6. The van der Waals surface area contributed by atoms with E-state index >= 15 is 0 Å². The van der Waals surface area contributed by atoms with Gasteiger partial charge in [0.1, 0.15) is 0 Å². The second kappa shape index (κ2) is 16.8. The van der Waals surface area contributed by atoms with Gasteiger partial charge in [-0.15, -0.1) is 0 Å². The molecule has 0 atom stereocenters. The molecule has 0 spiro atoms. The molecule has 0 saturated heterocycles. The Labute approximate surface area is 383 Å². The van der Waals surface area contributed by atoms with E-state index in [-0.39, 0.29) is 5.41 Å². The molecular formula is C63H48N2. The number of nitrogens with zero attached hydrogens (tertiary/aromatic N) is 2. The van der Waals surface area contributed by atoms with Gasteiger partial charge in [0, 0.05) is 39.5 Å². The Kier molecular flexibility index (Phi) is 10.3. The molecule has 0 unspecified atom stereocenters. The van der Waals surface area contributed by atoms with Crippen molar-refractivity contribution in [1.29, 1.82) is 0 Å². The minimum absolute atomic E-state index is 0.115. The van der Waals surface area contributed by atoms with Crippen molar-refractivity contribution in [3.63, 3.8) is 0 Å². The fourth-order valence-corrected chi connectivity index (χ4v) is 9.65. The van der Waals surface area contributed by atoms with Crippen LogP contribution in [0.25, 0.3) is 55.6 Å². The van der Waals surface area contributed by atoms with Gasteiger partial charge in [-0.2, -0.15) is 0 Å². The Morgan fingerprint density at radius 2 is 0.554 bits per heavy atom. The summed E-state index contributed by atoms with van der Waals surface area (Å²) in [7, 11) is 0. The highest BCUT2D eigenvalue weighted by Gasteiger charge is 2.35. The van der Waals surface area contributed by atoms with E-state index in [1.807, 2.05) is 0 Å². The highest BCUT2D eigenvalue weighted by atomic mass is 15.1. The summed E-state index contributed by atoms with van der Waals surface area (Å²) in [5, 5.41) is 0. The van der Waals surface area contributed by atoms with E-state index in [1.54, 1.807) is 0 Å². The van der Waals surface area contributed by atoms with E-state index in [4.69, 9.17) is 0 Å². The fraction of sp³-hybridized carbons (Fsp3) is 0.0476. The van der Waals surface area contributed by atoms with Gasteiger partial charge in [0.15, 0.2) is 0 Å². The molecule has 0 N–H and O–H groups in total. The van der Waals surface area contributed by atoms with Crippen LogP contribution < -0.4 is 9.80 Å². The van der Waals surface area contributed by atoms with Crippen LogP contribution in [0.5, 0.6) is 0 Å². The van der Waals surface area contributed by atoms with Crippen molar-refractivity contribution in [3.8, 4) is 55.6 Å². The van der Waals surface area contributed by atoms with Gasteiger partial charge in [0.05, 0.1) is 0 Å². The Balaban J connectivity index is 0.962. The molecule has 0 radical (unpaired) electrons. The van der Waals surface area contributed by atoms with Crippen molar-refractivity contribution < 1.29 is 0 Å². The summed E-state index contributed by atoms with van der Waals surface area (Å²) in [5.41, 5.74) is 21.4. The number of benzene rings is 10. The van der Waals surface area contributed by atoms with E-state index in [9.17, 15) is 0 Å². The van der Waals surface area contributed by atoms with E-state index in [1.165, 1.54) is 55.6 Å². The molecule has 0 aliphatic heterocycles. The molecule has 11 rings (SSSR count). The van der Waals surface area contributed by atoms with Crippen LogP contribution in [0.3, 0.4) is 0 Å². The molecule has 0 heterocycles. The number of anilines is 6. The maximum atomic E-state index is 2.41. The van der Waals surface area contributed by atoms with Gasteiger partial charge in [-0.05, 0) is 140 Å². The molecule has 0 bridgehead atoms. The molecular weight excluding hydrogens is 785 g/mol. The fourth-order valence-electron chi connectivity index (χ4n) is 9.65. The first kappa shape index (κ1) is 39.6. The average Bonchev–Trinajstić information content (AvgIpc) is 3.61. The van der Waals surface area contributed by atoms with Crippen molar-refractivity contribution in [2.45, 2.75) is 19.3 Å². The summed E-state index contributed by atoms with van der Waals surface area (Å²) in [6.45, 7) is 4.71. The first-order valence-electron chi connectivity index (χ1n) is 22.5. The zero-order valence-corrected chi connectivity index (χ0v) is 36.6. The molecule has 2 heteroatoms. The van der Waals surface area contributed by atoms with Crippen LogP contribution in [0.2, 0.25) is 0 Å². The molecule has 0 saturated carbocycles. The van der Waals surface area contributed by atoms with Gasteiger partial charge in [-0.3, -0.25) is 0 Å². The first-order chi connectivity index (χ1) is 32.0. The number of fused-ring (bicyclic) bond motifs is 3. The number of hydrogen-bond acceptors (Lipinski definition) is 2. The van der Waals surface area contributed by atoms with E-state index in [0.29, 0.717) is 0 Å².